The molecule has 1 amide bonds. The number of hydrogen-bond donors (Lipinski definition) is 1. The van der Waals surface area contributed by atoms with Crippen LogP contribution in [0.4, 0.5) is 11.5 Å². The van der Waals surface area contributed by atoms with Gasteiger partial charge in [-0.25, -0.2) is 0 Å². The van der Waals surface area contributed by atoms with E-state index < -0.39 is 11.0 Å². The van der Waals surface area contributed by atoms with Gasteiger partial charge in [0.2, 0.25) is 11.7 Å². The second-order valence-corrected chi connectivity index (χ2v) is 3.89. The van der Waals surface area contributed by atoms with Crippen molar-refractivity contribution in [1.29, 1.82) is 0 Å². The summed E-state index contributed by atoms with van der Waals surface area (Å²) in [5, 5.41) is 17.4. The highest BCUT2D eigenvalue weighted by atomic mass is 16.6. The standard InChI is InChI=1S/C9H15N5O3/c1-6(9(15)12(2)3)10-8-7(14(16)17)5-13(4)11-8/h5-6H,1-4H3,(H,10,11). The monoisotopic (exact) mass is 241 g/mol. The van der Waals surface area contributed by atoms with Crippen LogP contribution in [-0.2, 0) is 11.8 Å². The third-order valence-electron chi connectivity index (χ3n) is 2.17. The lowest BCUT2D eigenvalue weighted by molar-refractivity contribution is -0.384. The normalized spacial score (nSPS) is 12.0. The van der Waals surface area contributed by atoms with Crippen molar-refractivity contribution >= 4 is 17.4 Å². The molecule has 0 aliphatic carbocycles. The van der Waals surface area contributed by atoms with Crippen LogP contribution >= 0.6 is 0 Å². The second kappa shape index (κ2) is 4.81. The van der Waals surface area contributed by atoms with Gasteiger partial charge in [-0.05, 0) is 6.92 Å². The van der Waals surface area contributed by atoms with E-state index in [0.29, 0.717) is 0 Å². The highest BCUT2D eigenvalue weighted by molar-refractivity contribution is 5.84. The Bertz CT molecular complexity index is 440. The number of anilines is 1. The van der Waals surface area contributed by atoms with E-state index in [1.165, 1.54) is 15.8 Å². The first-order chi connectivity index (χ1) is 7.82. The average Bonchev–Trinajstić information content (AvgIpc) is 2.58. The molecule has 1 unspecified atom stereocenters. The summed E-state index contributed by atoms with van der Waals surface area (Å²) in [6.07, 6.45) is 1.29. The molecule has 1 N–H and O–H groups in total. The van der Waals surface area contributed by atoms with E-state index in [1.54, 1.807) is 28.1 Å². The van der Waals surface area contributed by atoms with E-state index in [2.05, 4.69) is 10.4 Å². The fourth-order valence-corrected chi connectivity index (χ4v) is 1.37. The molecule has 94 valence electrons. The van der Waals surface area contributed by atoms with Crippen molar-refractivity contribution in [2.45, 2.75) is 13.0 Å². The molecule has 17 heavy (non-hydrogen) atoms. The summed E-state index contributed by atoms with van der Waals surface area (Å²) in [4.78, 5) is 23.2. The molecule has 1 rings (SSSR count). The Balaban J connectivity index is 2.88. The summed E-state index contributed by atoms with van der Waals surface area (Å²) in [5.74, 6) is -0.0786. The third kappa shape index (κ3) is 2.92. The molecule has 1 aromatic rings. The fourth-order valence-electron chi connectivity index (χ4n) is 1.37. The average molecular weight is 241 g/mol. The molecular weight excluding hydrogens is 226 g/mol. The Labute approximate surface area is 98.4 Å². The molecule has 1 atom stereocenters. The Kier molecular flexibility index (Phi) is 3.66. The van der Waals surface area contributed by atoms with Gasteiger partial charge < -0.3 is 10.2 Å². The summed E-state index contributed by atoms with van der Waals surface area (Å²) in [6.45, 7) is 1.63. The van der Waals surface area contributed by atoms with Crippen LogP contribution in [-0.4, -0.2) is 45.6 Å². The van der Waals surface area contributed by atoms with Crippen LogP contribution in [0.3, 0.4) is 0 Å². The second-order valence-electron chi connectivity index (χ2n) is 3.89. The van der Waals surface area contributed by atoms with E-state index in [-0.39, 0.29) is 17.4 Å². The van der Waals surface area contributed by atoms with Crippen molar-refractivity contribution in [3.8, 4) is 0 Å². The highest BCUT2D eigenvalue weighted by Gasteiger charge is 2.23. The molecule has 0 aliphatic rings. The molecule has 0 bridgehead atoms. The number of aromatic nitrogens is 2. The first-order valence-corrected chi connectivity index (χ1v) is 4.98. The Morgan fingerprint density at radius 2 is 2.24 bits per heavy atom. The molecule has 0 radical (unpaired) electrons. The molecule has 8 heteroatoms. The van der Waals surface area contributed by atoms with Gasteiger partial charge in [-0.3, -0.25) is 19.6 Å². The molecule has 0 saturated carbocycles. The maximum absolute atomic E-state index is 11.6. The van der Waals surface area contributed by atoms with Gasteiger partial charge in [0.1, 0.15) is 12.2 Å². The van der Waals surface area contributed by atoms with Crippen LogP contribution in [0.25, 0.3) is 0 Å². The molecule has 1 heterocycles. The first kappa shape index (κ1) is 12.9. The lowest BCUT2D eigenvalue weighted by Gasteiger charge is -2.17. The van der Waals surface area contributed by atoms with Crippen molar-refractivity contribution < 1.29 is 9.72 Å². The summed E-state index contributed by atoms with van der Waals surface area (Å²) < 4.78 is 1.33. The lowest BCUT2D eigenvalue weighted by atomic mass is 10.3. The van der Waals surface area contributed by atoms with Crippen LogP contribution in [0, 0.1) is 10.1 Å². The predicted molar refractivity (Wildman–Crippen MR) is 61.6 cm³/mol. The minimum Gasteiger partial charge on any atom is -0.351 e. The number of hydrogen-bond acceptors (Lipinski definition) is 5. The number of carbonyl (C=O) groups excluding carboxylic acids is 1. The molecule has 0 fully saturated rings. The Morgan fingerprint density at radius 3 is 2.71 bits per heavy atom. The van der Waals surface area contributed by atoms with E-state index in [0.717, 1.165) is 0 Å². The van der Waals surface area contributed by atoms with Crippen LogP contribution in [0.2, 0.25) is 0 Å². The lowest BCUT2D eigenvalue weighted by Crippen LogP contribution is -2.36. The number of carbonyl (C=O) groups is 1. The highest BCUT2D eigenvalue weighted by Crippen LogP contribution is 2.22. The molecule has 1 aromatic heterocycles. The number of aryl methyl sites for hydroxylation is 1. The third-order valence-corrected chi connectivity index (χ3v) is 2.17. The zero-order valence-corrected chi connectivity index (χ0v) is 10.2. The molecule has 8 nitrogen and oxygen atoms in total. The maximum atomic E-state index is 11.6. The van der Waals surface area contributed by atoms with E-state index in [1.807, 2.05) is 0 Å². The zero-order chi connectivity index (χ0) is 13.2. The molecular formula is C9H15N5O3. The number of likely N-dealkylation sites (N-methyl/N-ethyl adjacent to an activating group) is 1. The predicted octanol–water partition coefficient (Wildman–Crippen LogP) is 0.217. The Hall–Kier alpha value is -2.12. The van der Waals surface area contributed by atoms with Gasteiger partial charge in [-0.15, -0.1) is 5.10 Å². The number of nitrogens with one attached hydrogen (secondary N) is 1. The zero-order valence-electron chi connectivity index (χ0n) is 10.2. The quantitative estimate of drug-likeness (QED) is 0.601. The van der Waals surface area contributed by atoms with Crippen LogP contribution in [0.15, 0.2) is 6.20 Å². The number of amides is 1. The first-order valence-electron chi connectivity index (χ1n) is 4.98. The van der Waals surface area contributed by atoms with Gasteiger partial charge in [0.25, 0.3) is 0 Å². The summed E-state index contributed by atoms with van der Waals surface area (Å²) in [7, 11) is 4.82. The van der Waals surface area contributed by atoms with Gasteiger partial charge in [-0.1, -0.05) is 0 Å². The Morgan fingerprint density at radius 1 is 1.65 bits per heavy atom. The number of nitro groups is 1. The van der Waals surface area contributed by atoms with Crippen LogP contribution in [0.1, 0.15) is 6.92 Å². The fraction of sp³-hybridized carbons (Fsp3) is 0.556. The van der Waals surface area contributed by atoms with Gasteiger partial charge in [0.15, 0.2) is 0 Å². The maximum Gasteiger partial charge on any atom is 0.330 e. The van der Waals surface area contributed by atoms with Crippen molar-refractivity contribution in [3.05, 3.63) is 16.3 Å². The topological polar surface area (TPSA) is 93.3 Å². The van der Waals surface area contributed by atoms with Crippen molar-refractivity contribution in [2.24, 2.45) is 7.05 Å². The SMILES string of the molecule is CC(Nc1nn(C)cc1[N+](=O)[O-])C(=O)N(C)C. The molecule has 0 aromatic carbocycles. The molecule has 0 saturated heterocycles. The van der Waals surface area contributed by atoms with E-state index in [9.17, 15) is 14.9 Å². The number of nitrogens with zero attached hydrogens (tertiary/aromatic N) is 4. The van der Waals surface area contributed by atoms with Gasteiger partial charge in [0, 0.05) is 21.1 Å². The minimum atomic E-state index is -0.571. The van der Waals surface area contributed by atoms with E-state index >= 15 is 0 Å². The van der Waals surface area contributed by atoms with Gasteiger partial charge in [-0.2, -0.15) is 0 Å². The summed E-state index contributed by atoms with van der Waals surface area (Å²) >= 11 is 0. The summed E-state index contributed by atoms with van der Waals surface area (Å²) in [6, 6.07) is -0.571. The van der Waals surface area contributed by atoms with Gasteiger partial charge >= 0.3 is 5.69 Å². The summed E-state index contributed by atoms with van der Waals surface area (Å²) in [5.41, 5.74) is -0.147. The van der Waals surface area contributed by atoms with Crippen molar-refractivity contribution in [1.82, 2.24) is 14.7 Å². The van der Waals surface area contributed by atoms with Gasteiger partial charge in [0.05, 0.1) is 4.92 Å². The largest absolute Gasteiger partial charge is 0.351 e. The van der Waals surface area contributed by atoms with Crippen molar-refractivity contribution in [2.75, 3.05) is 19.4 Å². The van der Waals surface area contributed by atoms with Crippen LogP contribution < -0.4 is 5.32 Å². The van der Waals surface area contributed by atoms with E-state index in [4.69, 9.17) is 0 Å². The minimum absolute atomic E-state index is 0.0974. The molecule has 0 aliphatic heterocycles. The molecule has 0 spiro atoms. The van der Waals surface area contributed by atoms with Crippen LogP contribution in [0.5, 0.6) is 0 Å². The number of rotatable bonds is 4. The smallest absolute Gasteiger partial charge is 0.330 e. The van der Waals surface area contributed by atoms with Crippen molar-refractivity contribution in [3.63, 3.8) is 0 Å².